The Morgan fingerprint density at radius 3 is 2.00 bits per heavy atom. The summed E-state index contributed by atoms with van der Waals surface area (Å²) in [6, 6.07) is 6.69. The number of rotatable bonds is 6. The Hall–Kier alpha value is -1.64. The first-order chi connectivity index (χ1) is 13.6. The van der Waals surface area contributed by atoms with Gasteiger partial charge in [-0.15, -0.1) is 0 Å². The van der Waals surface area contributed by atoms with E-state index in [9.17, 15) is 9.59 Å². The average Bonchev–Trinajstić information content (AvgIpc) is 2.80. The van der Waals surface area contributed by atoms with Crippen LogP contribution in [0.1, 0.15) is 78.5 Å². The molecule has 0 spiro atoms. The molecule has 1 heterocycles. The SMILES string of the molecule is Cc1ccc(CC(CC2C(=O)N(CC(C)C)C(=O)C2C(C)(C)C)C(C)(C)C)cc1C. The van der Waals surface area contributed by atoms with Crippen molar-refractivity contribution < 1.29 is 9.59 Å². The Morgan fingerprint density at radius 2 is 1.53 bits per heavy atom. The molecule has 3 atom stereocenters. The van der Waals surface area contributed by atoms with Gasteiger partial charge in [0.1, 0.15) is 0 Å². The van der Waals surface area contributed by atoms with Crippen LogP contribution in [0.5, 0.6) is 0 Å². The maximum Gasteiger partial charge on any atom is 0.233 e. The Morgan fingerprint density at radius 1 is 0.933 bits per heavy atom. The van der Waals surface area contributed by atoms with E-state index in [2.05, 4.69) is 87.4 Å². The van der Waals surface area contributed by atoms with Crippen molar-refractivity contribution in [2.75, 3.05) is 6.54 Å². The summed E-state index contributed by atoms with van der Waals surface area (Å²) in [7, 11) is 0. The summed E-state index contributed by atoms with van der Waals surface area (Å²) >= 11 is 0. The molecule has 2 amide bonds. The number of carbonyl (C=O) groups is 2. The average molecular weight is 414 g/mol. The van der Waals surface area contributed by atoms with Crippen molar-refractivity contribution in [3.05, 3.63) is 34.9 Å². The Bertz CT molecular complexity index is 779. The summed E-state index contributed by atoms with van der Waals surface area (Å²) in [4.78, 5) is 28.3. The molecule has 0 N–H and O–H groups in total. The third-order valence-corrected chi connectivity index (χ3v) is 6.82. The quantitative estimate of drug-likeness (QED) is 0.521. The third-order valence-electron chi connectivity index (χ3n) is 6.82. The molecule has 1 aliphatic rings. The molecule has 0 saturated carbocycles. The number of nitrogens with zero attached hydrogens (tertiary/aromatic N) is 1. The van der Waals surface area contributed by atoms with Gasteiger partial charge in [0.05, 0.1) is 11.8 Å². The van der Waals surface area contributed by atoms with Gasteiger partial charge in [0, 0.05) is 6.54 Å². The number of aryl methyl sites for hydroxylation is 2. The highest BCUT2D eigenvalue weighted by molar-refractivity contribution is 6.05. The topological polar surface area (TPSA) is 37.4 Å². The summed E-state index contributed by atoms with van der Waals surface area (Å²) in [5.74, 6) is 0.213. The second-order valence-electron chi connectivity index (χ2n) is 12.1. The molecule has 0 aliphatic carbocycles. The molecule has 3 nitrogen and oxygen atoms in total. The second-order valence-corrected chi connectivity index (χ2v) is 12.1. The van der Waals surface area contributed by atoms with Gasteiger partial charge in [-0.1, -0.05) is 73.6 Å². The molecule has 1 aromatic carbocycles. The monoisotopic (exact) mass is 413 g/mol. The van der Waals surface area contributed by atoms with Crippen LogP contribution in [-0.2, 0) is 16.0 Å². The summed E-state index contributed by atoms with van der Waals surface area (Å²) in [6.07, 6.45) is 1.70. The van der Waals surface area contributed by atoms with Gasteiger partial charge in [0.15, 0.2) is 0 Å². The van der Waals surface area contributed by atoms with E-state index < -0.39 is 0 Å². The first-order valence-electron chi connectivity index (χ1n) is 11.5. The lowest BCUT2D eigenvalue weighted by atomic mass is 9.67. The first-order valence-corrected chi connectivity index (χ1v) is 11.5. The van der Waals surface area contributed by atoms with Crippen LogP contribution in [0.15, 0.2) is 18.2 Å². The fourth-order valence-corrected chi connectivity index (χ4v) is 4.81. The van der Waals surface area contributed by atoms with Crippen molar-refractivity contribution in [2.24, 2.45) is 34.5 Å². The first kappa shape index (κ1) is 24.6. The van der Waals surface area contributed by atoms with E-state index in [-0.39, 0.29) is 40.4 Å². The van der Waals surface area contributed by atoms with Gasteiger partial charge in [-0.25, -0.2) is 0 Å². The number of hydrogen-bond donors (Lipinski definition) is 0. The zero-order valence-electron chi connectivity index (χ0n) is 20.9. The van der Waals surface area contributed by atoms with Crippen molar-refractivity contribution in [3.63, 3.8) is 0 Å². The molecular weight excluding hydrogens is 370 g/mol. The zero-order chi connectivity index (χ0) is 23.0. The van der Waals surface area contributed by atoms with Crippen LogP contribution >= 0.6 is 0 Å². The molecule has 1 saturated heterocycles. The van der Waals surface area contributed by atoms with E-state index in [1.165, 1.54) is 16.7 Å². The molecular formula is C27H43NO2. The minimum Gasteiger partial charge on any atom is -0.282 e. The van der Waals surface area contributed by atoms with Crippen molar-refractivity contribution in [2.45, 2.75) is 82.1 Å². The Balaban J connectivity index is 2.37. The minimum absolute atomic E-state index is 0.0324. The minimum atomic E-state index is -0.242. The number of imide groups is 1. The number of benzene rings is 1. The van der Waals surface area contributed by atoms with Gasteiger partial charge in [-0.3, -0.25) is 14.5 Å². The lowest BCUT2D eigenvalue weighted by Crippen LogP contribution is -2.36. The highest BCUT2D eigenvalue weighted by atomic mass is 16.2. The molecule has 168 valence electrons. The molecule has 3 unspecified atom stereocenters. The van der Waals surface area contributed by atoms with Crippen molar-refractivity contribution in [1.29, 1.82) is 0 Å². The molecule has 1 aromatic rings. The maximum atomic E-state index is 13.4. The molecule has 0 bridgehead atoms. The van der Waals surface area contributed by atoms with E-state index in [0.29, 0.717) is 12.5 Å². The zero-order valence-corrected chi connectivity index (χ0v) is 20.9. The molecule has 30 heavy (non-hydrogen) atoms. The standard InChI is InChI=1S/C27H43NO2/c1-17(2)16-28-24(29)22(23(25(28)30)27(8,9)10)15-21(26(5,6)7)14-20-12-11-18(3)19(4)13-20/h11-13,17,21-23H,14-16H2,1-10H3. The van der Waals surface area contributed by atoms with E-state index in [1.807, 2.05) is 0 Å². The second kappa shape index (κ2) is 8.85. The number of likely N-dealkylation sites (tertiary alicyclic amines) is 1. The third kappa shape index (κ3) is 5.53. The predicted molar refractivity (Wildman–Crippen MR) is 125 cm³/mol. The predicted octanol–water partition coefficient (Wildman–Crippen LogP) is 6.20. The van der Waals surface area contributed by atoms with Crippen molar-refractivity contribution in [3.8, 4) is 0 Å². The van der Waals surface area contributed by atoms with Gasteiger partial charge in [-0.05, 0) is 66.0 Å². The summed E-state index contributed by atoms with van der Waals surface area (Å²) in [5.41, 5.74) is 3.76. The van der Waals surface area contributed by atoms with Crippen molar-refractivity contribution in [1.82, 2.24) is 4.90 Å². The molecule has 0 radical (unpaired) electrons. The van der Waals surface area contributed by atoms with E-state index in [1.54, 1.807) is 4.90 Å². The molecule has 3 heteroatoms. The van der Waals surface area contributed by atoms with Gasteiger partial charge in [0.25, 0.3) is 0 Å². The van der Waals surface area contributed by atoms with Crippen LogP contribution in [0.3, 0.4) is 0 Å². The Labute approximate surface area is 184 Å². The smallest absolute Gasteiger partial charge is 0.233 e. The van der Waals surface area contributed by atoms with Crippen LogP contribution in [0, 0.1) is 48.3 Å². The van der Waals surface area contributed by atoms with Gasteiger partial charge < -0.3 is 0 Å². The van der Waals surface area contributed by atoms with Crippen LogP contribution < -0.4 is 0 Å². The maximum absolute atomic E-state index is 13.4. The van der Waals surface area contributed by atoms with Crippen LogP contribution in [-0.4, -0.2) is 23.3 Å². The van der Waals surface area contributed by atoms with Gasteiger partial charge in [-0.2, -0.15) is 0 Å². The Kier molecular flexibility index (Phi) is 7.26. The lowest BCUT2D eigenvalue weighted by molar-refractivity contribution is -0.141. The molecule has 2 rings (SSSR count). The number of amides is 2. The van der Waals surface area contributed by atoms with Crippen molar-refractivity contribution >= 4 is 11.8 Å². The summed E-state index contributed by atoms with van der Waals surface area (Å²) in [6.45, 7) is 22.0. The van der Waals surface area contributed by atoms with Gasteiger partial charge in [0.2, 0.25) is 11.8 Å². The van der Waals surface area contributed by atoms with Crippen LogP contribution in [0.4, 0.5) is 0 Å². The fourth-order valence-electron chi connectivity index (χ4n) is 4.81. The van der Waals surface area contributed by atoms with E-state index in [0.717, 1.165) is 12.8 Å². The number of carbonyl (C=O) groups excluding carboxylic acids is 2. The normalized spacial score (nSPS) is 21.6. The van der Waals surface area contributed by atoms with Crippen LogP contribution in [0.25, 0.3) is 0 Å². The summed E-state index contributed by atoms with van der Waals surface area (Å²) < 4.78 is 0. The molecule has 1 fully saturated rings. The fraction of sp³-hybridized carbons (Fsp3) is 0.704. The lowest BCUT2D eigenvalue weighted by Gasteiger charge is -2.36. The molecule has 0 aromatic heterocycles. The van der Waals surface area contributed by atoms with Crippen LogP contribution in [0.2, 0.25) is 0 Å². The molecule has 1 aliphatic heterocycles. The highest BCUT2D eigenvalue weighted by Crippen LogP contribution is 2.45. The highest BCUT2D eigenvalue weighted by Gasteiger charge is 2.53. The van der Waals surface area contributed by atoms with E-state index in [4.69, 9.17) is 0 Å². The largest absolute Gasteiger partial charge is 0.282 e. The van der Waals surface area contributed by atoms with E-state index >= 15 is 0 Å². The number of hydrogen-bond acceptors (Lipinski definition) is 2. The summed E-state index contributed by atoms with van der Waals surface area (Å²) in [5, 5.41) is 0. The van der Waals surface area contributed by atoms with Gasteiger partial charge >= 0.3 is 0 Å².